The second kappa shape index (κ2) is 20.0. The Labute approximate surface area is 510 Å². The van der Waals surface area contributed by atoms with Crippen LogP contribution < -0.4 is 24.6 Å². The SMILES string of the molecule is [2H]c1c([2H])c([2H])c(-c2cccc(-c3c([2H])c([2H])c([2H])c([2H])c3[2H])c2-[n+]2[c-]n(-c3[c-]c(Oc4[c-]c5c(cc4-n4c6ccccc6c6ccccc64)c4ccccc4n5-c4cc(N5c6ccccc6[Si](C)(C)c6ccccc65)ccn4)ccc3)c3ccccc32)c([2H])c1[2H].[Pt]. The van der Waals surface area contributed by atoms with Gasteiger partial charge in [0.25, 0.3) is 6.33 Å². The molecule has 0 aliphatic carbocycles. The first kappa shape index (κ1) is 40.3. The zero-order chi connectivity index (χ0) is 63.2. The van der Waals surface area contributed by atoms with E-state index < -0.39 is 68.5 Å². The van der Waals surface area contributed by atoms with Crippen molar-refractivity contribution in [2.45, 2.75) is 13.1 Å². The number of imidazole rings is 1. The van der Waals surface area contributed by atoms with E-state index in [1.807, 2.05) is 85.1 Å². The Bertz CT molecular complexity index is 5420. The first-order valence-corrected chi connectivity index (χ1v) is 30.0. The van der Waals surface area contributed by atoms with Gasteiger partial charge in [0.15, 0.2) is 0 Å². The molecule has 0 bridgehead atoms. The molecule has 0 unspecified atom stereocenters. The fraction of sp³-hybridized carbons (Fsp3) is 0.0270. The van der Waals surface area contributed by atoms with Crippen LogP contribution in [0.15, 0.2) is 267 Å². The average molecular weight is 1270 g/mol. The van der Waals surface area contributed by atoms with E-state index in [1.54, 1.807) is 27.3 Å². The zero-order valence-corrected chi connectivity index (χ0v) is 47.8. The van der Waals surface area contributed by atoms with Gasteiger partial charge in [-0.05, 0) is 85.8 Å². The number of para-hydroxylation sites is 8. The number of fused-ring (bicyclic) bond motifs is 9. The van der Waals surface area contributed by atoms with Crippen LogP contribution in [-0.2, 0) is 21.1 Å². The Morgan fingerprint density at radius 3 is 1.69 bits per heavy atom. The quantitative estimate of drug-likeness (QED) is 0.0822. The van der Waals surface area contributed by atoms with Crippen LogP contribution in [0, 0.1) is 18.5 Å². The van der Waals surface area contributed by atoms with Crippen molar-refractivity contribution in [3.8, 4) is 56.6 Å². The minimum absolute atomic E-state index is 0. The van der Waals surface area contributed by atoms with Crippen LogP contribution in [-0.4, -0.2) is 26.8 Å². The number of hydrogen-bond acceptors (Lipinski definition) is 3. The van der Waals surface area contributed by atoms with Crippen molar-refractivity contribution in [3.63, 3.8) is 0 Å². The van der Waals surface area contributed by atoms with E-state index in [9.17, 15) is 5.48 Å². The fourth-order valence-electron chi connectivity index (χ4n) is 12.3. The molecule has 5 heterocycles. The number of hydrogen-bond donors (Lipinski definition) is 0. The second-order valence-corrected chi connectivity index (χ2v) is 25.1. The van der Waals surface area contributed by atoms with Gasteiger partial charge < -0.3 is 23.3 Å². The third kappa shape index (κ3) is 8.04. The van der Waals surface area contributed by atoms with Crippen LogP contribution >= 0.6 is 0 Å². The molecule has 0 spiro atoms. The standard InChI is InChI=1S/C74H50N6OSi.Pt/c1-82(2)71-41-19-17-39-66(71)78(67-40-18-20-42-72(67)82)53-43-44-75-73(46-53)80-63-36-14-11-31-59(63)60-47-69(79-61-34-12-9-29-57(61)58-30-10-13-35-62(58)79)70(48-68(60)80)81-54-28-21-27-52(45-54)76-49-77(65-38-16-15-37-64(65)76)74-55(50-23-5-3-6-24-50)32-22-33-56(74)51-25-7-4-8-26-51;/h3-44,46-47H,1-2H3;/q-2;/i3D,4D,5D,6D,7D,8D,23D,24D,25D,26D;. The van der Waals surface area contributed by atoms with Crippen molar-refractivity contribution in [1.29, 1.82) is 0 Å². The van der Waals surface area contributed by atoms with Crippen molar-refractivity contribution < 1.29 is 44.1 Å². The molecule has 4 aromatic heterocycles. The molecule has 15 aromatic rings. The number of benzene rings is 11. The van der Waals surface area contributed by atoms with E-state index in [-0.39, 0.29) is 49.0 Å². The minimum atomic E-state index is -2.08. The summed E-state index contributed by atoms with van der Waals surface area (Å²) < 4.78 is 104. The van der Waals surface area contributed by atoms with Crippen molar-refractivity contribution in [3.05, 3.63) is 285 Å². The minimum Gasteiger partial charge on any atom is -0.508 e. The molecule has 0 saturated heterocycles. The number of anilines is 3. The van der Waals surface area contributed by atoms with Gasteiger partial charge >= 0.3 is 0 Å². The molecular weight excluding hydrogens is 1210 g/mol. The second-order valence-electron chi connectivity index (χ2n) is 20.8. The first-order chi connectivity index (χ1) is 44.6. The predicted molar refractivity (Wildman–Crippen MR) is 337 cm³/mol. The van der Waals surface area contributed by atoms with Gasteiger partial charge in [0.05, 0.1) is 36.1 Å². The molecule has 0 amide bonds. The van der Waals surface area contributed by atoms with E-state index in [1.165, 1.54) is 10.4 Å². The van der Waals surface area contributed by atoms with Crippen molar-refractivity contribution >= 4 is 90.2 Å². The summed E-state index contributed by atoms with van der Waals surface area (Å²) in [6.45, 7) is 4.83. The van der Waals surface area contributed by atoms with Crippen molar-refractivity contribution in [2.24, 2.45) is 0 Å². The summed E-state index contributed by atoms with van der Waals surface area (Å²) in [5.74, 6) is 1.38. The van der Waals surface area contributed by atoms with Crippen LogP contribution in [0.1, 0.15) is 13.7 Å². The smallest absolute Gasteiger partial charge is 0.268 e. The molecule has 0 atom stereocenters. The molecule has 0 saturated carbocycles. The summed E-state index contributed by atoms with van der Waals surface area (Å²) in [7, 11) is -2.08. The van der Waals surface area contributed by atoms with Gasteiger partial charge in [0, 0.05) is 83.5 Å². The Kier molecular flexibility index (Phi) is 9.72. The largest absolute Gasteiger partial charge is 0.508 e. The van der Waals surface area contributed by atoms with E-state index in [2.05, 4.69) is 149 Å². The Balaban J connectivity index is 0.00000716. The number of aromatic nitrogens is 5. The zero-order valence-electron chi connectivity index (χ0n) is 54.5. The summed E-state index contributed by atoms with van der Waals surface area (Å²) in [6, 6.07) is 68.5. The van der Waals surface area contributed by atoms with Crippen molar-refractivity contribution in [1.82, 2.24) is 18.7 Å². The number of rotatable bonds is 9. The molecule has 0 N–H and O–H groups in total. The summed E-state index contributed by atoms with van der Waals surface area (Å²) in [5, 5.41) is 6.72. The normalized spacial score (nSPS) is 14.4. The Hall–Kier alpha value is -9.85. The molecule has 0 fully saturated rings. The summed E-state index contributed by atoms with van der Waals surface area (Å²) in [4.78, 5) is 7.50. The maximum absolute atomic E-state index is 9.19. The molecule has 0 radical (unpaired) electrons. The van der Waals surface area contributed by atoms with Crippen LogP contribution in [0.25, 0.3) is 99.8 Å². The molecular formula is C74H50N6OPtSi-2. The van der Waals surface area contributed by atoms with Gasteiger partial charge in [-0.25, -0.2) is 4.98 Å². The monoisotopic (exact) mass is 1270 g/mol. The van der Waals surface area contributed by atoms with Crippen LogP contribution in [0.3, 0.4) is 0 Å². The molecule has 398 valence electrons. The number of ether oxygens (including phenoxy) is 1. The van der Waals surface area contributed by atoms with E-state index in [4.69, 9.17) is 17.9 Å². The average Bonchev–Trinajstić information content (AvgIpc) is 1.71. The van der Waals surface area contributed by atoms with Gasteiger partial charge in [0.1, 0.15) is 13.9 Å². The van der Waals surface area contributed by atoms with Gasteiger partial charge in [0.2, 0.25) is 0 Å². The van der Waals surface area contributed by atoms with Gasteiger partial charge in [-0.15, -0.1) is 24.3 Å². The van der Waals surface area contributed by atoms with E-state index >= 15 is 0 Å². The third-order valence-corrected chi connectivity index (χ3v) is 19.4. The molecule has 1 aliphatic rings. The molecule has 9 heteroatoms. The third-order valence-electron chi connectivity index (χ3n) is 15.9. The predicted octanol–water partition coefficient (Wildman–Crippen LogP) is 16.6. The molecule has 16 rings (SSSR count). The topological polar surface area (TPSA) is 44.0 Å². The van der Waals surface area contributed by atoms with Crippen molar-refractivity contribution in [2.75, 3.05) is 4.90 Å². The Morgan fingerprint density at radius 2 is 1.05 bits per heavy atom. The van der Waals surface area contributed by atoms with Crippen LogP contribution in [0.2, 0.25) is 13.1 Å². The van der Waals surface area contributed by atoms with Crippen LogP contribution in [0.5, 0.6) is 11.5 Å². The van der Waals surface area contributed by atoms with E-state index in [0.717, 1.165) is 60.7 Å². The first-order valence-electron chi connectivity index (χ1n) is 32.0. The number of nitrogens with zero attached hydrogens (tertiary/aromatic N) is 6. The van der Waals surface area contributed by atoms with Gasteiger partial charge in [-0.2, -0.15) is 12.1 Å². The summed E-state index contributed by atoms with van der Waals surface area (Å²) in [5.41, 5.74) is 9.19. The van der Waals surface area contributed by atoms with Crippen LogP contribution in [0.4, 0.5) is 17.1 Å². The van der Waals surface area contributed by atoms with E-state index in [0.29, 0.717) is 39.7 Å². The van der Waals surface area contributed by atoms with Gasteiger partial charge in [-0.1, -0.05) is 218 Å². The molecule has 7 nitrogen and oxygen atoms in total. The maximum atomic E-state index is 9.19. The number of pyridine rings is 1. The molecule has 83 heavy (non-hydrogen) atoms. The fourth-order valence-corrected chi connectivity index (χ4v) is 15.3. The van der Waals surface area contributed by atoms with Gasteiger partial charge in [-0.3, -0.25) is 4.57 Å². The summed E-state index contributed by atoms with van der Waals surface area (Å²) in [6.07, 6.45) is 5.36. The molecule has 11 aromatic carbocycles. The molecule has 1 aliphatic heterocycles. The maximum Gasteiger partial charge on any atom is 0.268 e. The Morgan fingerprint density at radius 1 is 0.506 bits per heavy atom. The summed E-state index contributed by atoms with van der Waals surface area (Å²) >= 11 is 0.